The minimum atomic E-state index is 0.0725. The predicted octanol–water partition coefficient (Wildman–Crippen LogP) is 1.03. The average molecular weight is 391 g/mol. The number of aryl methyl sites for hydroxylation is 1. The Bertz CT molecular complexity index is 652. The van der Waals surface area contributed by atoms with E-state index in [1.165, 1.54) is 0 Å². The van der Waals surface area contributed by atoms with E-state index < -0.39 is 0 Å². The van der Waals surface area contributed by atoms with Gasteiger partial charge in [0, 0.05) is 58.8 Å². The maximum absolute atomic E-state index is 12.6. The number of carbonyl (C=O) groups excluding carboxylic acids is 2. The summed E-state index contributed by atoms with van der Waals surface area (Å²) in [5.74, 6) is 0.444. The van der Waals surface area contributed by atoms with Crippen LogP contribution in [-0.4, -0.2) is 78.7 Å². The number of nitrogens with zero attached hydrogens (tertiary/aromatic N) is 3. The lowest BCUT2D eigenvalue weighted by Crippen LogP contribution is -2.51. The third-order valence-corrected chi connectivity index (χ3v) is 6.01. The summed E-state index contributed by atoms with van der Waals surface area (Å²) in [6, 6.07) is 2.49. The van der Waals surface area contributed by atoms with Crippen molar-refractivity contribution in [3.8, 4) is 0 Å². The second kappa shape index (κ2) is 10.1. The standard InChI is InChI=1S/C21H34N4O3/c1-23-10-5-17(15-23)14-20(26)24-11-6-19(7-12-24)25-9-3-4-18(16-25)21(27)22-8-13-28-2/h5,10,15,18-19H,3-4,6-9,11-14,16H2,1-2H3,(H,22,27)/t18-/m0/s1. The van der Waals surface area contributed by atoms with Gasteiger partial charge in [0.2, 0.25) is 11.8 Å². The van der Waals surface area contributed by atoms with E-state index in [9.17, 15) is 9.59 Å². The molecule has 156 valence electrons. The average Bonchev–Trinajstić information content (AvgIpc) is 3.13. The molecular weight excluding hydrogens is 356 g/mol. The van der Waals surface area contributed by atoms with Crippen molar-refractivity contribution in [3.63, 3.8) is 0 Å². The number of amides is 2. The molecule has 1 N–H and O–H groups in total. The van der Waals surface area contributed by atoms with E-state index in [2.05, 4.69) is 10.2 Å². The third kappa shape index (κ3) is 5.58. The van der Waals surface area contributed by atoms with Gasteiger partial charge in [-0.15, -0.1) is 0 Å². The summed E-state index contributed by atoms with van der Waals surface area (Å²) in [6.45, 7) is 4.66. The Kier molecular flexibility index (Phi) is 7.50. The van der Waals surface area contributed by atoms with Crippen LogP contribution in [0.4, 0.5) is 0 Å². The van der Waals surface area contributed by atoms with Gasteiger partial charge in [-0.1, -0.05) is 0 Å². The van der Waals surface area contributed by atoms with Gasteiger partial charge in [0.05, 0.1) is 18.9 Å². The molecule has 0 spiro atoms. The van der Waals surface area contributed by atoms with Crippen molar-refractivity contribution in [1.82, 2.24) is 19.7 Å². The van der Waals surface area contributed by atoms with E-state index in [0.29, 0.717) is 25.6 Å². The molecule has 1 atom stereocenters. The van der Waals surface area contributed by atoms with E-state index in [1.54, 1.807) is 7.11 Å². The monoisotopic (exact) mass is 390 g/mol. The van der Waals surface area contributed by atoms with Gasteiger partial charge in [0.25, 0.3) is 0 Å². The number of aromatic nitrogens is 1. The smallest absolute Gasteiger partial charge is 0.227 e. The first-order valence-corrected chi connectivity index (χ1v) is 10.5. The fourth-order valence-electron chi connectivity index (χ4n) is 4.41. The Hall–Kier alpha value is -1.86. The largest absolute Gasteiger partial charge is 0.383 e. The first kappa shape index (κ1) is 20.9. The first-order chi connectivity index (χ1) is 13.6. The molecule has 1 aromatic heterocycles. The summed E-state index contributed by atoms with van der Waals surface area (Å²) in [6.07, 6.45) is 8.50. The highest BCUT2D eigenvalue weighted by Crippen LogP contribution is 2.24. The van der Waals surface area contributed by atoms with Crippen molar-refractivity contribution in [2.75, 3.05) is 46.4 Å². The highest BCUT2D eigenvalue weighted by Gasteiger charge is 2.32. The zero-order chi connectivity index (χ0) is 19.9. The van der Waals surface area contributed by atoms with Crippen LogP contribution in [-0.2, 0) is 27.8 Å². The Balaban J connectivity index is 1.43. The van der Waals surface area contributed by atoms with Crippen molar-refractivity contribution < 1.29 is 14.3 Å². The Morgan fingerprint density at radius 1 is 1.21 bits per heavy atom. The number of methoxy groups -OCH3 is 1. The lowest BCUT2D eigenvalue weighted by Gasteiger charge is -2.42. The number of ether oxygens (including phenoxy) is 1. The van der Waals surface area contributed by atoms with Crippen LogP contribution in [0.1, 0.15) is 31.2 Å². The quantitative estimate of drug-likeness (QED) is 0.707. The number of piperidine rings is 2. The maximum Gasteiger partial charge on any atom is 0.227 e. The Morgan fingerprint density at radius 3 is 2.68 bits per heavy atom. The van der Waals surface area contributed by atoms with Crippen LogP contribution in [0.3, 0.4) is 0 Å². The second-order valence-corrected chi connectivity index (χ2v) is 8.09. The van der Waals surface area contributed by atoms with E-state index in [4.69, 9.17) is 4.74 Å². The van der Waals surface area contributed by atoms with Crippen LogP contribution in [0.2, 0.25) is 0 Å². The van der Waals surface area contributed by atoms with Gasteiger partial charge in [-0.25, -0.2) is 0 Å². The van der Waals surface area contributed by atoms with Crippen molar-refractivity contribution in [2.45, 2.75) is 38.1 Å². The summed E-state index contributed by atoms with van der Waals surface area (Å²) >= 11 is 0. The van der Waals surface area contributed by atoms with E-state index in [0.717, 1.165) is 57.4 Å². The number of nitrogens with one attached hydrogen (secondary N) is 1. The van der Waals surface area contributed by atoms with Gasteiger partial charge in [0.15, 0.2) is 0 Å². The zero-order valence-electron chi connectivity index (χ0n) is 17.2. The lowest BCUT2D eigenvalue weighted by atomic mass is 9.93. The molecule has 2 amide bonds. The number of likely N-dealkylation sites (tertiary alicyclic amines) is 2. The highest BCUT2D eigenvalue weighted by molar-refractivity contribution is 5.79. The van der Waals surface area contributed by atoms with E-state index in [-0.39, 0.29) is 17.7 Å². The molecule has 0 bridgehead atoms. The van der Waals surface area contributed by atoms with Crippen LogP contribution >= 0.6 is 0 Å². The van der Waals surface area contributed by atoms with Crippen molar-refractivity contribution in [1.29, 1.82) is 0 Å². The number of hydrogen-bond acceptors (Lipinski definition) is 4. The van der Waals surface area contributed by atoms with Crippen molar-refractivity contribution in [3.05, 3.63) is 24.0 Å². The molecule has 7 heteroatoms. The molecule has 0 aliphatic carbocycles. The summed E-state index contributed by atoms with van der Waals surface area (Å²) in [5.41, 5.74) is 1.08. The van der Waals surface area contributed by atoms with Crippen LogP contribution in [0.15, 0.2) is 18.5 Å². The van der Waals surface area contributed by atoms with Gasteiger partial charge >= 0.3 is 0 Å². The highest BCUT2D eigenvalue weighted by atomic mass is 16.5. The van der Waals surface area contributed by atoms with E-state index >= 15 is 0 Å². The molecule has 2 aliphatic rings. The minimum absolute atomic E-state index is 0.0725. The van der Waals surface area contributed by atoms with Gasteiger partial charge in [0.1, 0.15) is 0 Å². The normalized spacial score (nSPS) is 21.6. The molecule has 2 aliphatic heterocycles. The summed E-state index contributed by atoms with van der Waals surface area (Å²) in [4.78, 5) is 29.4. The molecule has 2 saturated heterocycles. The van der Waals surface area contributed by atoms with Crippen LogP contribution < -0.4 is 5.32 Å². The SMILES string of the molecule is COCCNC(=O)[C@H]1CCCN(C2CCN(C(=O)Cc3ccn(C)c3)CC2)C1. The molecule has 0 radical (unpaired) electrons. The Labute approximate surface area is 168 Å². The van der Waals surface area contributed by atoms with Crippen molar-refractivity contribution in [2.24, 2.45) is 13.0 Å². The lowest BCUT2D eigenvalue weighted by molar-refractivity contribution is -0.132. The topological polar surface area (TPSA) is 66.8 Å². The van der Waals surface area contributed by atoms with Crippen LogP contribution in [0, 0.1) is 5.92 Å². The van der Waals surface area contributed by atoms with Gasteiger partial charge in [-0.05, 0) is 43.9 Å². The Morgan fingerprint density at radius 2 is 2.00 bits per heavy atom. The summed E-state index contributed by atoms with van der Waals surface area (Å²) in [7, 11) is 3.62. The molecule has 3 heterocycles. The fraction of sp³-hybridized carbons (Fsp3) is 0.714. The van der Waals surface area contributed by atoms with Crippen LogP contribution in [0.5, 0.6) is 0 Å². The number of carbonyl (C=O) groups is 2. The van der Waals surface area contributed by atoms with E-state index in [1.807, 2.05) is 35.0 Å². The van der Waals surface area contributed by atoms with Gasteiger partial charge < -0.3 is 19.5 Å². The van der Waals surface area contributed by atoms with Gasteiger partial charge in [-0.3, -0.25) is 14.5 Å². The minimum Gasteiger partial charge on any atom is -0.383 e. The van der Waals surface area contributed by atoms with Crippen LogP contribution in [0.25, 0.3) is 0 Å². The second-order valence-electron chi connectivity index (χ2n) is 8.09. The maximum atomic E-state index is 12.6. The zero-order valence-corrected chi connectivity index (χ0v) is 17.2. The number of rotatable bonds is 7. The molecular formula is C21H34N4O3. The fourth-order valence-corrected chi connectivity index (χ4v) is 4.41. The third-order valence-electron chi connectivity index (χ3n) is 6.01. The molecule has 2 fully saturated rings. The summed E-state index contributed by atoms with van der Waals surface area (Å²) in [5, 5.41) is 2.98. The summed E-state index contributed by atoms with van der Waals surface area (Å²) < 4.78 is 6.98. The molecule has 7 nitrogen and oxygen atoms in total. The molecule has 0 saturated carbocycles. The molecule has 3 rings (SSSR count). The van der Waals surface area contributed by atoms with Crippen molar-refractivity contribution >= 4 is 11.8 Å². The predicted molar refractivity (Wildman–Crippen MR) is 108 cm³/mol. The molecule has 0 unspecified atom stereocenters. The first-order valence-electron chi connectivity index (χ1n) is 10.5. The number of hydrogen-bond donors (Lipinski definition) is 1. The molecule has 1 aromatic rings. The van der Waals surface area contributed by atoms with Gasteiger partial charge in [-0.2, -0.15) is 0 Å². The molecule has 0 aromatic carbocycles. The molecule has 28 heavy (non-hydrogen) atoms.